The number of methoxy groups -OCH3 is 3. The molecule has 10 heteroatoms. The fourth-order valence-electron chi connectivity index (χ4n) is 6.04. The van der Waals surface area contributed by atoms with Crippen LogP contribution in [-0.4, -0.2) is 38.7 Å². The van der Waals surface area contributed by atoms with Crippen LogP contribution in [0, 0.1) is 18.3 Å². The van der Waals surface area contributed by atoms with E-state index in [-0.39, 0.29) is 58.5 Å². The number of hydrogen-bond acceptors (Lipinski definition) is 6. The van der Waals surface area contributed by atoms with Gasteiger partial charge in [-0.05, 0) is 49.6 Å². The molecule has 0 bridgehead atoms. The summed E-state index contributed by atoms with van der Waals surface area (Å²) in [4.78, 5) is 29.3. The number of nitrogens with zero attached hydrogens (tertiary/aromatic N) is 1. The number of carbonyl (C=O) groups is 2. The fourth-order valence-corrected chi connectivity index (χ4v) is 6.04. The maximum Gasteiger partial charge on any atom is 0.418 e. The van der Waals surface area contributed by atoms with E-state index < -0.39 is 29.4 Å². The van der Waals surface area contributed by atoms with E-state index in [1.165, 1.54) is 44.4 Å². The minimum absolute atomic E-state index is 0.160. The number of allylic oxidation sites excluding steroid dienone is 2. The Bertz CT molecular complexity index is 1600. The molecule has 0 radical (unpaired) electrons. The van der Waals surface area contributed by atoms with Gasteiger partial charge in [0, 0.05) is 29.2 Å². The van der Waals surface area contributed by atoms with Gasteiger partial charge in [0.05, 0.1) is 38.5 Å². The number of nitrogens with one attached hydrogen (secondary N) is 1. The normalized spacial score (nSPS) is 18.8. The van der Waals surface area contributed by atoms with Crippen molar-refractivity contribution in [1.82, 2.24) is 0 Å². The second-order valence-corrected chi connectivity index (χ2v) is 10.5. The van der Waals surface area contributed by atoms with Crippen LogP contribution in [0.3, 0.4) is 0 Å². The number of ether oxygens (including phenoxy) is 3. The number of carbonyl (C=O) groups excluding carboxylic acids is 2. The molecule has 1 aliphatic heterocycles. The summed E-state index contributed by atoms with van der Waals surface area (Å²) in [6.07, 6.45) is -3.93. The van der Waals surface area contributed by atoms with E-state index in [0.717, 1.165) is 11.6 Å². The summed E-state index contributed by atoms with van der Waals surface area (Å²) in [5.41, 5.74) is 0.850. The van der Waals surface area contributed by atoms with Crippen molar-refractivity contribution < 1.29 is 37.0 Å². The van der Waals surface area contributed by atoms with Gasteiger partial charge in [0.15, 0.2) is 23.1 Å². The number of Topliss-reactive ketones (excluding diaryl/α,β-unsaturated/α-hetero) is 2. The molecule has 7 nitrogen and oxygen atoms in total. The van der Waals surface area contributed by atoms with Gasteiger partial charge < -0.3 is 19.1 Å². The average molecular weight is 593 g/mol. The summed E-state index contributed by atoms with van der Waals surface area (Å²) in [7, 11) is 4.32. The predicted octanol–water partition coefficient (Wildman–Crippen LogP) is 7.13. The molecule has 0 spiro atoms. The lowest BCUT2D eigenvalue weighted by molar-refractivity contribution is -0.137. The second-order valence-electron chi connectivity index (χ2n) is 10.5. The quantitative estimate of drug-likeness (QED) is 0.294. The van der Waals surface area contributed by atoms with Crippen LogP contribution in [0.15, 0.2) is 71.9 Å². The van der Waals surface area contributed by atoms with Crippen LogP contribution in [0.2, 0.25) is 0 Å². The molecule has 2 aliphatic rings. The average Bonchev–Trinajstić information content (AvgIpc) is 2.99. The Balaban J connectivity index is 1.84. The lowest BCUT2D eigenvalue weighted by atomic mass is 9.69. The Kier molecular flexibility index (Phi) is 8.05. The Morgan fingerprint density at radius 3 is 2.14 bits per heavy atom. The molecule has 0 aromatic heterocycles. The van der Waals surface area contributed by atoms with E-state index >= 15 is 0 Å². The number of anilines is 1. The number of alkyl halides is 3. The van der Waals surface area contributed by atoms with Gasteiger partial charge >= 0.3 is 6.18 Å². The highest BCUT2D eigenvalue weighted by atomic mass is 19.4. The number of para-hydroxylation sites is 1. The standard InChI is InChI=1S/C33H31F3N2O5/c1-18-12-14-19(15-13-18)30(40)29-27(20-16-25(41-2)31(43-4)26(17-20)42-3)28-23(10-7-11-24(28)39)38(32(29)37)22-9-6-5-8-21(22)33(34,35)36/h5-6,8-9,12-17,27,29,37H,7,10-11H2,1-4H3. The number of halogens is 3. The van der Waals surface area contributed by atoms with Crippen molar-refractivity contribution in [2.75, 3.05) is 26.2 Å². The molecule has 0 saturated heterocycles. The molecule has 224 valence electrons. The molecule has 0 amide bonds. The molecular weight excluding hydrogens is 561 g/mol. The summed E-state index contributed by atoms with van der Waals surface area (Å²) in [5.74, 6) is -2.62. The molecule has 43 heavy (non-hydrogen) atoms. The van der Waals surface area contributed by atoms with Crippen molar-refractivity contribution in [1.29, 1.82) is 5.41 Å². The highest BCUT2D eigenvalue weighted by Crippen LogP contribution is 2.51. The van der Waals surface area contributed by atoms with E-state index in [1.807, 2.05) is 6.92 Å². The van der Waals surface area contributed by atoms with Gasteiger partial charge in [0.1, 0.15) is 5.84 Å². The molecule has 3 aromatic rings. The minimum Gasteiger partial charge on any atom is -0.493 e. The van der Waals surface area contributed by atoms with E-state index in [0.29, 0.717) is 17.7 Å². The first-order valence-electron chi connectivity index (χ1n) is 13.7. The molecule has 1 heterocycles. The third-order valence-electron chi connectivity index (χ3n) is 7.99. The lowest BCUT2D eigenvalue weighted by Crippen LogP contribution is -2.49. The van der Waals surface area contributed by atoms with Gasteiger partial charge in [0.25, 0.3) is 0 Å². The second kappa shape index (κ2) is 11.6. The summed E-state index contributed by atoms with van der Waals surface area (Å²) >= 11 is 0. The zero-order chi connectivity index (χ0) is 31.1. The third-order valence-corrected chi connectivity index (χ3v) is 7.99. The maximum atomic E-state index is 14.4. The van der Waals surface area contributed by atoms with Crippen molar-refractivity contribution in [3.8, 4) is 17.2 Å². The highest BCUT2D eigenvalue weighted by molar-refractivity contribution is 6.21. The molecule has 3 aromatic carbocycles. The Labute approximate surface area is 247 Å². The van der Waals surface area contributed by atoms with Crippen LogP contribution in [-0.2, 0) is 11.0 Å². The number of ketones is 2. The van der Waals surface area contributed by atoms with Crippen molar-refractivity contribution >= 4 is 23.1 Å². The van der Waals surface area contributed by atoms with Gasteiger partial charge in [-0.1, -0.05) is 42.0 Å². The predicted molar refractivity (Wildman–Crippen MR) is 155 cm³/mol. The molecule has 0 saturated carbocycles. The van der Waals surface area contributed by atoms with Crippen LogP contribution in [0.25, 0.3) is 0 Å². The van der Waals surface area contributed by atoms with Crippen LogP contribution in [0.4, 0.5) is 18.9 Å². The first-order valence-corrected chi connectivity index (χ1v) is 13.7. The van der Waals surface area contributed by atoms with Crippen molar-refractivity contribution in [3.63, 3.8) is 0 Å². The Morgan fingerprint density at radius 1 is 0.930 bits per heavy atom. The lowest BCUT2D eigenvalue weighted by Gasteiger charge is -2.44. The topological polar surface area (TPSA) is 88.9 Å². The largest absolute Gasteiger partial charge is 0.493 e. The Morgan fingerprint density at radius 2 is 1.56 bits per heavy atom. The van der Waals surface area contributed by atoms with E-state index in [1.54, 1.807) is 36.4 Å². The minimum atomic E-state index is -4.74. The first-order chi connectivity index (χ1) is 20.5. The van der Waals surface area contributed by atoms with Gasteiger partial charge in [-0.2, -0.15) is 13.2 Å². The highest BCUT2D eigenvalue weighted by Gasteiger charge is 2.49. The molecule has 1 aliphatic carbocycles. The Hall–Kier alpha value is -4.60. The fraction of sp³-hybridized carbons (Fsp3) is 0.303. The van der Waals surface area contributed by atoms with E-state index in [4.69, 9.17) is 14.2 Å². The maximum absolute atomic E-state index is 14.4. The van der Waals surface area contributed by atoms with Crippen LogP contribution in [0.5, 0.6) is 17.2 Å². The van der Waals surface area contributed by atoms with Crippen molar-refractivity contribution in [2.45, 2.75) is 38.3 Å². The van der Waals surface area contributed by atoms with Gasteiger partial charge in [-0.25, -0.2) is 0 Å². The summed E-state index contributed by atoms with van der Waals surface area (Å²) in [6, 6.07) is 14.9. The van der Waals surface area contributed by atoms with Gasteiger partial charge in [-0.15, -0.1) is 0 Å². The number of aryl methyl sites for hydroxylation is 1. The number of rotatable bonds is 7. The van der Waals surface area contributed by atoms with Crippen LogP contribution >= 0.6 is 0 Å². The van der Waals surface area contributed by atoms with E-state index in [9.17, 15) is 28.2 Å². The molecule has 2 unspecified atom stereocenters. The first kappa shape index (κ1) is 29.9. The van der Waals surface area contributed by atoms with Gasteiger partial charge in [-0.3, -0.25) is 15.0 Å². The zero-order valence-electron chi connectivity index (χ0n) is 24.2. The van der Waals surface area contributed by atoms with Crippen molar-refractivity contribution in [3.05, 3.63) is 94.2 Å². The summed E-state index contributed by atoms with van der Waals surface area (Å²) in [6.45, 7) is 1.86. The van der Waals surface area contributed by atoms with E-state index in [2.05, 4.69) is 0 Å². The van der Waals surface area contributed by atoms with Crippen molar-refractivity contribution in [2.24, 2.45) is 5.92 Å². The molecule has 2 atom stereocenters. The molecule has 5 rings (SSSR count). The number of amidine groups is 1. The molecule has 1 N–H and O–H groups in total. The third kappa shape index (κ3) is 5.26. The summed E-state index contributed by atoms with van der Waals surface area (Å²) in [5, 5.41) is 9.41. The molecule has 0 fully saturated rings. The van der Waals surface area contributed by atoms with Gasteiger partial charge in [0.2, 0.25) is 5.75 Å². The SMILES string of the molecule is COc1cc(C2C3=C(CCCC3=O)N(c3ccccc3C(F)(F)F)C(=N)C2C(=O)c2ccc(C)cc2)cc(OC)c1OC. The number of benzene rings is 3. The smallest absolute Gasteiger partial charge is 0.418 e. The monoisotopic (exact) mass is 592 g/mol. The zero-order valence-corrected chi connectivity index (χ0v) is 24.2. The van der Waals surface area contributed by atoms with Crippen LogP contribution in [0.1, 0.15) is 52.2 Å². The van der Waals surface area contributed by atoms with Crippen LogP contribution < -0.4 is 19.1 Å². The number of hydrogen-bond donors (Lipinski definition) is 1. The summed E-state index contributed by atoms with van der Waals surface area (Å²) < 4.78 is 59.4. The molecular formula is C33H31F3N2O5.